The van der Waals surface area contributed by atoms with E-state index >= 15 is 0 Å². The second-order valence-corrected chi connectivity index (χ2v) is 9.31. The van der Waals surface area contributed by atoms with Crippen LogP contribution in [0.4, 0.5) is 5.69 Å². The fourth-order valence-corrected chi connectivity index (χ4v) is 5.08. The zero-order valence-corrected chi connectivity index (χ0v) is 19.1. The van der Waals surface area contributed by atoms with Crippen molar-refractivity contribution < 1.29 is 9.21 Å². The summed E-state index contributed by atoms with van der Waals surface area (Å²) in [4.78, 5) is 25.6. The van der Waals surface area contributed by atoms with Crippen LogP contribution < -0.4 is 10.9 Å². The highest BCUT2D eigenvalue weighted by Gasteiger charge is 2.19. The molecule has 5 rings (SSSR count). The van der Waals surface area contributed by atoms with Crippen molar-refractivity contribution in [3.05, 3.63) is 74.7 Å². The molecular weight excluding hydrogens is 470 g/mol. The largest absolute Gasteiger partial charge is 0.467 e. The summed E-state index contributed by atoms with van der Waals surface area (Å²) in [5.41, 5.74) is 2.14. The second kappa shape index (κ2) is 8.45. The Hall–Kier alpha value is -3.08. The number of carbonyl (C=O) groups excluding carboxylic acids is 1. The molecule has 5 aromatic rings. The molecule has 0 unspecified atom stereocenters. The minimum Gasteiger partial charge on any atom is -0.467 e. The first-order chi connectivity index (χ1) is 15.5. The Morgan fingerprint density at radius 3 is 2.97 bits per heavy atom. The average Bonchev–Trinajstić information content (AvgIpc) is 3.52. The number of nitrogens with zero attached hydrogens (tertiary/aromatic N) is 4. The molecule has 0 spiro atoms. The molecule has 0 bridgehead atoms. The van der Waals surface area contributed by atoms with Gasteiger partial charge in [-0.1, -0.05) is 29.4 Å². The molecule has 0 fully saturated rings. The first kappa shape index (κ1) is 20.8. The highest BCUT2D eigenvalue weighted by atomic mass is 35.5. The maximum absolute atomic E-state index is 13.0. The normalized spacial score (nSPS) is 11.4. The van der Waals surface area contributed by atoms with Gasteiger partial charge in [0.15, 0.2) is 5.16 Å². The first-order valence-corrected chi connectivity index (χ1v) is 11.8. The van der Waals surface area contributed by atoms with Gasteiger partial charge in [0.2, 0.25) is 11.7 Å². The van der Waals surface area contributed by atoms with E-state index in [1.807, 2.05) is 24.4 Å². The van der Waals surface area contributed by atoms with E-state index < -0.39 is 0 Å². The van der Waals surface area contributed by atoms with E-state index in [2.05, 4.69) is 15.5 Å². The molecule has 0 saturated carbocycles. The molecule has 1 aromatic carbocycles. The topological polar surface area (TPSA) is 94.4 Å². The SMILES string of the molecule is Cc1ccc(Cl)cc1NC(=O)CSc1nnc2n(Cc3ccco3)c(=O)c3sccc3n12. The number of halogens is 1. The third-order valence-corrected chi connectivity index (χ3v) is 6.94. The summed E-state index contributed by atoms with van der Waals surface area (Å²) in [7, 11) is 0. The van der Waals surface area contributed by atoms with E-state index in [1.165, 1.54) is 27.7 Å². The summed E-state index contributed by atoms with van der Waals surface area (Å²) in [5.74, 6) is 0.960. The standard InChI is InChI=1S/C21H16ClN5O3S2/c1-12-4-5-13(22)9-15(12)23-17(28)11-32-21-25-24-20-26(10-14-3-2-7-30-14)19(29)18-16(27(20)21)6-8-31-18/h2-9H,10-11H2,1H3,(H,23,28). The van der Waals surface area contributed by atoms with E-state index in [0.717, 1.165) is 5.56 Å². The van der Waals surface area contributed by atoms with Crippen molar-refractivity contribution in [1.82, 2.24) is 19.2 Å². The van der Waals surface area contributed by atoms with Crippen molar-refractivity contribution in [2.24, 2.45) is 0 Å². The van der Waals surface area contributed by atoms with Crippen molar-refractivity contribution in [2.75, 3.05) is 11.1 Å². The summed E-state index contributed by atoms with van der Waals surface area (Å²) in [6, 6.07) is 10.8. The highest BCUT2D eigenvalue weighted by molar-refractivity contribution is 7.99. The molecule has 4 aromatic heterocycles. The van der Waals surface area contributed by atoms with Gasteiger partial charge in [0.1, 0.15) is 10.5 Å². The van der Waals surface area contributed by atoms with Crippen LogP contribution in [0.2, 0.25) is 5.02 Å². The molecule has 0 saturated heterocycles. The van der Waals surface area contributed by atoms with Crippen LogP contribution in [0.3, 0.4) is 0 Å². The van der Waals surface area contributed by atoms with Crippen LogP contribution in [0.25, 0.3) is 16.0 Å². The lowest BCUT2D eigenvalue weighted by molar-refractivity contribution is -0.113. The van der Waals surface area contributed by atoms with Crippen molar-refractivity contribution in [3.63, 3.8) is 0 Å². The number of thiophene rings is 1. The number of nitrogens with one attached hydrogen (secondary N) is 1. The second-order valence-electron chi connectivity index (χ2n) is 7.02. The van der Waals surface area contributed by atoms with E-state index in [-0.39, 0.29) is 23.8 Å². The summed E-state index contributed by atoms with van der Waals surface area (Å²) < 4.78 is 9.34. The number of hydrogen-bond acceptors (Lipinski definition) is 7. The zero-order valence-electron chi connectivity index (χ0n) is 16.7. The van der Waals surface area contributed by atoms with Crippen LogP contribution in [-0.2, 0) is 11.3 Å². The summed E-state index contributed by atoms with van der Waals surface area (Å²) in [6.45, 7) is 2.14. The van der Waals surface area contributed by atoms with E-state index in [9.17, 15) is 9.59 Å². The molecule has 0 atom stereocenters. The minimum atomic E-state index is -0.192. The number of amides is 1. The van der Waals surface area contributed by atoms with Gasteiger partial charge in [0.25, 0.3) is 5.56 Å². The quantitative estimate of drug-likeness (QED) is 0.357. The lowest BCUT2D eigenvalue weighted by Crippen LogP contribution is -2.23. The van der Waals surface area contributed by atoms with Gasteiger partial charge >= 0.3 is 0 Å². The first-order valence-electron chi connectivity index (χ1n) is 9.57. The summed E-state index contributed by atoms with van der Waals surface area (Å²) >= 11 is 8.64. The monoisotopic (exact) mass is 485 g/mol. The Morgan fingerprint density at radius 2 is 2.16 bits per heavy atom. The van der Waals surface area contributed by atoms with E-state index in [0.29, 0.717) is 37.6 Å². The van der Waals surface area contributed by atoms with Gasteiger partial charge in [-0.05, 0) is 48.2 Å². The van der Waals surface area contributed by atoms with E-state index in [1.54, 1.807) is 34.9 Å². The summed E-state index contributed by atoms with van der Waals surface area (Å²) in [6.07, 6.45) is 1.56. The third-order valence-electron chi connectivity index (χ3n) is 4.88. The van der Waals surface area contributed by atoms with Crippen molar-refractivity contribution in [2.45, 2.75) is 18.6 Å². The lowest BCUT2D eigenvalue weighted by Gasteiger charge is -2.09. The molecule has 0 radical (unpaired) electrons. The maximum atomic E-state index is 13.0. The Labute approximate surface area is 194 Å². The van der Waals surface area contributed by atoms with Gasteiger partial charge in [0, 0.05) is 10.7 Å². The number of hydrogen-bond donors (Lipinski definition) is 1. The maximum Gasteiger partial charge on any atom is 0.273 e. The fraction of sp³-hybridized carbons (Fsp3) is 0.143. The number of aryl methyl sites for hydroxylation is 1. The Morgan fingerprint density at radius 1 is 1.28 bits per heavy atom. The van der Waals surface area contributed by atoms with Gasteiger partial charge in [-0.2, -0.15) is 0 Å². The predicted octanol–water partition coefficient (Wildman–Crippen LogP) is 4.44. The Bertz CT molecular complexity index is 1500. The number of rotatable bonds is 6. The van der Waals surface area contributed by atoms with Gasteiger partial charge in [-0.25, -0.2) is 0 Å². The molecule has 32 heavy (non-hydrogen) atoms. The molecule has 0 aliphatic heterocycles. The Balaban J connectivity index is 1.46. The van der Waals surface area contributed by atoms with Crippen LogP contribution in [0, 0.1) is 6.92 Å². The van der Waals surface area contributed by atoms with Crippen molar-refractivity contribution >= 4 is 62.3 Å². The smallest absolute Gasteiger partial charge is 0.273 e. The highest BCUT2D eigenvalue weighted by Crippen LogP contribution is 2.25. The van der Waals surface area contributed by atoms with Gasteiger partial charge in [0.05, 0.1) is 24.1 Å². The molecule has 1 amide bonds. The molecule has 162 valence electrons. The van der Waals surface area contributed by atoms with Crippen LogP contribution in [-0.4, -0.2) is 30.8 Å². The number of furan rings is 1. The molecule has 1 N–H and O–H groups in total. The number of carbonyl (C=O) groups is 1. The van der Waals surface area contributed by atoms with Gasteiger partial charge < -0.3 is 9.73 Å². The molecule has 11 heteroatoms. The van der Waals surface area contributed by atoms with Crippen LogP contribution in [0.1, 0.15) is 11.3 Å². The molecule has 0 aliphatic carbocycles. The van der Waals surface area contributed by atoms with Crippen LogP contribution >= 0.6 is 34.7 Å². The fourth-order valence-electron chi connectivity index (χ4n) is 3.34. The van der Waals surface area contributed by atoms with Gasteiger partial charge in [-0.3, -0.25) is 18.6 Å². The third kappa shape index (κ3) is 3.81. The Kier molecular flexibility index (Phi) is 5.50. The molecule has 0 aliphatic rings. The number of aromatic nitrogens is 4. The molecular formula is C21H16ClN5O3S2. The summed E-state index contributed by atoms with van der Waals surface area (Å²) in [5, 5.41) is 14.3. The molecule has 4 heterocycles. The number of benzene rings is 1. The van der Waals surface area contributed by atoms with Crippen LogP contribution in [0.5, 0.6) is 0 Å². The van der Waals surface area contributed by atoms with Crippen molar-refractivity contribution in [3.8, 4) is 0 Å². The minimum absolute atomic E-state index is 0.121. The van der Waals surface area contributed by atoms with Gasteiger partial charge in [-0.15, -0.1) is 21.5 Å². The zero-order chi connectivity index (χ0) is 22.2. The molecule has 8 nitrogen and oxygen atoms in total. The number of anilines is 1. The predicted molar refractivity (Wildman–Crippen MR) is 126 cm³/mol. The average molecular weight is 486 g/mol. The van der Waals surface area contributed by atoms with E-state index in [4.69, 9.17) is 16.0 Å². The number of fused-ring (bicyclic) bond motifs is 3. The lowest BCUT2D eigenvalue weighted by atomic mass is 10.2. The van der Waals surface area contributed by atoms with Crippen molar-refractivity contribution in [1.29, 1.82) is 0 Å². The number of thioether (sulfide) groups is 1. The van der Waals surface area contributed by atoms with Crippen LogP contribution in [0.15, 0.2) is 62.4 Å².